The van der Waals surface area contributed by atoms with Gasteiger partial charge in [0, 0.05) is 25.7 Å². The molecule has 1 saturated heterocycles. The Balaban J connectivity index is 1.57. The SMILES string of the molecule is COc1ccc(CN(CC(=O)N2CCCCCCC2)C2CC2)cc1. The van der Waals surface area contributed by atoms with Crippen molar-refractivity contribution >= 4 is 5.91 Å². The molecule has 1 aromatic carbocycles. The highest BCUT2D eigenvalue weighted by Crippen LogP contribution is 2.28. The van der Waals surface area contributed by atoms with Gasteiger partial charge in [0.1, 0.15) is 5.75 Å². The lowest BCUT2D eigenvalue weighted by atomic mass is 10.1. The maximum absolute atomic E-state index is 12.8. The summed E-state index contributed by atoms with van der Waals surface area (Å²) in [6.07, 6.45) is 8.63. The van der Waals surface area contributed by atoms with Crippen LogP contribution in [0.15, 0.2) is 24.3 Å². The molecule has 0 bridgehead atoms. The van der Waals surface area contributed by atoms with E-state index >= 15 is 0 Å². The third kappa shape index (κ3) is 4.97. The van der Waals surface area contributed by atoms with E-state index in [9.17, 15) is 4.79 Å². The molecule has 4 nitrogen and oxygen atoms in total. The van der Waals surface area contributed by atoms with Gasteiger partial charge in [0.15, 0.2) is 0 Å². The Morgan fingerprint density at radius 2 is 1.71 bits per heavy atom. The van der Waals surface area contributed by atoms with Gasteiger partial charge in [0.25, 0.3) is 0 Å². The van der Waals surface area contributed by atoms with Crippen molar-refractivity contribution in [3.05, 3.63) is 29.8 Å². The van der Waals surface area contributed by atoms with E-state index in [1.807, 2.05) is 12.1 Å². The van der Waals surface area contributed by atoms with Gasteiger partial charge in [-0.1, -0.05) is 31.4 Å². The van der Waals surface area contributed by atoms with E-state index in [1.165, 1.54) is 37.7 Å². The maximum Gasteiger partial charge on any atom is 0.236 e. The molecule has 4 heteroatoms. The summed E-state index contributed by atoms with van der Waals surface area (Å²) in [5.41, 5.74) is 1.25. The Kier molecular flexibility index (Phi) is 6.13. The molecule has 24 heavy (non-hydrogen) atoms. The van der Waals surface area contributed by atoms with Crippen molar-refractivity contribution in [2.45, 2.75) is 57.5 Å². The summed E-state index contributed by atoms with van der Waals surface area (Å²) < 4.78 is 5.23. The zero-order valence-electron chi connectivity index (χ0n) is 14.9. The van der Waals surface area contributed by atoms with Crippen molar-refractivity contribution in [1.29, 1.82) is 0 Å². The van der Waals surface area contributed by atoms with E-state index in [1.54, 1.807) is 7.11 Å². The van der Waals surface area contributed by atoms with Crippen LogP contribution in [0.2, 0.25) is 0 Å². The van der Waals surface area contributed by atoms with Gasteiger partial charge in [-0.15, -0.1) is 0 Å². The number of methoxy groups -OCH3 is 1. The van der Waals surface area contributed by atoms with Crippen molar-refractivity contribution in [3.63, 3.8) is 0 Å². The van der Waals surface area contributed by atoms with Gasteiger partial charge in [-0.3, -0.25) is 9.69 Å². The van der Waals surface area contributed by atoms with E-state index in [4.69, 9.17) is 4.74 Å². The topological polar surface area (TPSA) is 32.8 Å². The van der Waals surface area contributed by atoms with Crippen molar-refractivity contribution in [3.8, 4) is 5.75 Å². The fraction of sp³-hybridized carbons (Fsp3) is 0.650. The predicted molar refractivity (Wildman–Crippen MR) is 96.1 cm³/mol. The van der Waals surface area contributed by atoms with Crippen LogP contribution in [0, 0.1) is 0 Å². The monoisotopic (exact) mass is 330 g/mol. The van der Waals surface area contributed by atoms with Crippen LogP contribution in [0.25, 0.3) is 0 Å². The number of hydrogen-bond acceptors (Lipinski definition) is 3. The number of likely N-dealkylation sites (tertiary alicyclic amines) is 1. The van der Waals surface area contributed by atoms with E-state index in [0.29, 0.717) is 18.5 Å². The van der Waals surface area contributed by atoms with Gasteiger partial charge < -0.3 is 9.64 Å². The van der Waals surface area contributed by atoms with Crippen LogP contribution in [0.3, 0.4) is 0 Å². The zero-order chi connectivity index (χ0) is 16.8. The number of amides is 1. The first-order chi connectivity index (χ1) is 11.8. The summed E-state index contributed by atoms with van der Waals surface area (Å²) in [5.74, 6) is 1.20. The van der Waals surface area contributed by atoms with Gasteiger partial charge in [-0.05, 0) is 43.4 Å². The van der Waals surface area contributed by atoms with Crippen LogP contribution in [0.1, 0.15) is 50.5 Å². The minimum Gasteiger partial charge on any atom is -0.497 e. The smallest absolute Gasteiger partial charge is 0.236 e. The van der Waals surface area contributed by atoms with Gasteiger partial charge in [0.2, 0.25) is 5.91 Å². The minimum absolute atomic E-state index is 0.317. The second-order valence-electron chi connectivity index (χ2n) is 7.13. The summed E-state index contributed by atoms with van der Waals surface area (Å²) in [5, 5.41) is 0. The number of ether oxygens (including phenoxy) is 1. The number of benzene rings is 1. The average Bonchev–Trinajstić information content (AvgIpc) is 3.39. The summed E-state index contributed by atoms with van der Waals surface area (Å²) in [6, 6.07) is 8.80. The third-order valence-electron chi connectivity index (χ3n) is 5.16. The molecule has 1 aliphatic carbocycles. The van der Waals surface area contributed by atoms with Gasteiger partial charge in [-0.25, -0.2) is 0 Å². The fourth-order valence-electron chi connectivity index (χ4n) is 3.49. The van der Waals surface area contributed by atoms with E-state index in [2.05, 4.69) is 21.9 Å². The maximum atomic E-state index is 12.8. The lowest BCUT2D eigenvalue weighted by Gasteiger charge is -2.29. The van der Waals surface area contributed by atoms with Crippen molar-refractivity contribution in [2.75, 3.05) is 26.7 Å². The summed E-state index contributed by atoms with van der Waals surface area (Å²) in [7, 11) is 1.69. The number of nitrogens with zero attached hydrogens (tertiary/aromatic N) is 2. The molecule has 0 atom stereocenters. The standard InChI is InChI=1S/C20H30N2O2/c1-24-19-11-7-17(8-12-19)15-22(18-9-10-18)16-20(23)21-13-5-3-2-4-6-14-21/h7-8,11-12,18H,2-6,9-10,13-16H2,1H3. The molecule has 2 fully saturated rings. The first-order valence-corrected chi connectivity index (χ1v) is 9.41. The van der Waals surface area contributed by atoms with Crippen molar-refractivity contribution in [2.24, 2.45) is 0 Å². The van der Waals surface area contributed by atoms with Gasteiger partial charge >= 0.3 is 0 Å². The van der Waals surface area contributed by atoms with Crippen LogP contribution in [0.4, 0.5) is 0 Å². The van der Waals surface area contributed by atoms with Crippen LogP contribution in [-0.4, -0.2) is 48.5 Å². The molecule has 1 heterocycles. The second kappa shape index (κ2) is 8.52. The second-order valence-corrected chi connectivity index (χ2v) is 7.13. The number of carbonyl (C=O) groups excluding carboxylic acids is 1. The number of carbonyl (C=O) groups is 1. The number of hydrogen-bond donors (Lipinski definition) is 0. The molecule has 3 rings (SSSR count). The predicted octanol–water partition coefficient (Wildman–Crippen LogP) is 3.45. The first kappa shape index (κ1) is 17.3. The van der Waals surface area contributed by atoms with Crippen LogP contribution < -0.4 is 4.74 Å². The normalized spacial score (nSPS) is 19.0. The van der Waals surface area contributed by atoms with Crippen molar-refractivity contribution in [1.82, 2.24) is 9.80 Å². The van der Waals surface area contributed by atoms with E-state index in [0.717, 1.165) is 38.2 Å². The highest BCUT2D eigenvalue weighted by molar-refractivity contribution is 5.78. The molecule has 132 valence electrons. The molecular formula is C20H30N2O2. The minimum atomic E-state index is 0.317. The van der Waals surface area contributed by atoms with Gasteiger partial charge in [-0.2, -0.15) is 0 Å². The Hall–Kier alpha value is -1.55. The molecule has 1 saturated carbocycles. The molecule has 1 aliphatic heterocycles. The molecular weight excluding hydrogens is 300 g/mol. The summed E-state index contributed by atoms with van der Waals surface area (Å²) >= 11 is 0. The summed E-state index contributed by atoms with van der Waals surface area (Å²) in [6.45, 7) is 3.31. The first-order valence-electron chi connectivity index (χ1n) is 9.41. The third-order valence-corrected chi connectivity index (χ3v) is 5.16. The highest BCUT2D eigenvalue weighted by atomic mass is 16.5. The van der Waals surface area contributed by atoms with Crippen LogP contribution in [-0.2, 0) is 11.3 Å². The Bertz CT molecular complexity index is 517. The van der Waals surface area contributed by atoms with Gasteiger partial charge in [0.05, 0.1) is 13.7 Å². The molecule has 2 aliphatic rings. The molecule has 0 N–H and O–H groups in total. The highest BCUT2D eigenvalue weighted by Gasteiger charge is 2.31. The largest absolute Gasteiger partial charge is 0.497 e. The number of rotatable bonds is 6. The average molecular weight is 330 g/mol. The molecule has 0 aromatic heterocycles. The lowest BCUT2D eigenvalue weighted by molar-refractivity contribution is -0.133. The van der Waals surface area contributed by atoms with Crippen LogP contribution in [0.5, 0.6) is 5.75 Å². The Morgan fingerprint density at radius 1 is 1.08 bits per heavy atom. The molecule has 0 spiro atoms. The molecule has 0 unspecified atom stereocenters. The zero-order valence-corrected chi connectivity index (χ0v) is 14.9. The van der Waals surface area contributed by atoms with Crippen molar-refractivity contribution < 1.29 is 9.53 Å². The molecule has 1 amide bonds. The molecule has 1 aromatic rings. The Labute approximate surface area is 145 Å². The Morgan fingerprint density at radius 3 is 2.29 bits per heavy atom. The lowest BCUT2D eigenvalue weighted by Crippen LogP contribution is -2.42. The van der Waals surface area contributed by atoms with Crippen LogP contribution >= 0.6 is 0 Å². The van der Waals surface area contributed by atoms with E-state index < -0.39 is 0 Å². The van der Waals surface area contributed by atoms with E-state index in [-0.39, 0.29) is 0 Å². The summed E-state index contributed by atoms with van der Waals surface area (Å²) in [4.78, 5) is 17.2. The quantitative estimate of drug-likeness (QED) is 0.801. The molecule has 0 radical (unpaired) electrons. The fourth-order valence-corrected chi connectivity index (χ4v) is 3.49.